The Labute approximate surface area is 199 Å². The van der Waals surface area contributed by atoms with Gasteiger partial charge in [-0.25, -0.2) is 0 Å². The summed E-state index contributed by atoms with van der Waals surface area (Å²) in [7, 11) is 0. The van der Waals surface area contributed by atoms with Crippen LogP contribution in [-0.4, -0.2) is 42.3 Å². The number of nitrogens with two attached hydrogens (primary N) is 1. The highest BCUT2D eigenvalue weighted by Crippen LogP contribution is 2.40. The van der Waals surface area contributed by atoms with E-state index >= 15 is 0 Å². The molecular formula is C25H36Cl2N2O2. The maximum absolute atomic E-state index is 10.6. The van der Waals surface area contributed by atoms with Gasteiger partial charge in [0.2, 0.25) is 0 Å². The number of rotatable bonds is 6. The van der Waals surface area contributed by atoms with Crippen LogP contribution in [0.25, 0.3) is 0 Å². The predicted molar refractivity (Wildman–Crippen MR) is 132 cm³/mol. The first-order valence-electron chi connectivity index (χ1n) is 11.1. The molecule has 2 aliphatic heterocycles. The molecule has 0 bridgehead atoms. The van der Waals surface area contributed by atoms with E-state index in [1.54, 1.807) is 0 Å². The van der Waals surface area contributed by atoms with Crippen molar-refractivity contribution in [1.29, 1.82) is 0 Å². The summed E-state index contributed by atoms with van der Waals surface area (Å²) in [6, 6.07) is 14.8. The third-order valence-corrected chi connectivity index (χ3v) is 6.77. The largest absolute Gasteiger partial charge is 0.507 e. The van der Waals surface area contributed by atoms with Gasteiger partial charge in [-0.15, -0.1) is 24.8 Å². The van der Waals surface area contributed by atoms with Gasteiger partial charge in [0.05, 0.1) is 12.2 Å². The van der Waals surface area contributed by atoms with Gasteiger partial charge >= 0.3 is 0 Å². The van der Waals surface area contributed by atoms with Crippen LogP contribution in [0.4, 0.5) is 0 Å². The Balaban J connectivity index is 0.00000171. The molecule has 4 nitrogen and oxygen atoms in total. The molecule has 2 aromatic rings. The third kappa shape index (κ3) is 6.15. The molecule has 1 fully saturated rings. The lowest BCUT2D eigenvalue weighted by molar-refractivity contribution is -0.0647. The lowest BCUT2D eigenvalue weighted by Gasteiger charge is -2.40. The number of aryl methyl sites for hydroxylation is 2. The van der Waals surface area contributed by atoms with Gasteiger partial charge in [0.15, 0.2) is 0 Å². The molecule has 0 aliphatic carbocycles. The number of piperidine rings is 1. The molecule has 2 atom stereocenters. The molecule has 0 spiro atoms. The van der Waals surface area contributed by atoms with E-state index in [9.17, 15) is 5.11 Å². The highest BCUT2D eigenvalue weighted by atomic mass is 35.5. The summed E-state index contributed by atoms with van der Waals surface area (Å²) >= 11 is 0. The van der Waals surface area contributed by atoms with Crippen molar-refractivity contribution in [1.82, 2.24) is 4.90 Å². The van der Waals surface area contributed by atoms with Crippen LogP contribution in [-0.2, 0) is 17.6 Å². The number of fused-ring (bicyclic) bond motifs is 1. The summed E-state index contributed by atoms with van der Waals surface area (Å²) < 4.78 is 6.42. The monoisotopic (exact) mass is 466 g/mol. The van der Waals surface area contributed by atoms with E-state index in [1.807, 2.05) is 13.0 Å². The van der Waals surface area contributed by atoms with Crippen molar-refractivity contribution in [2.24, 2.45) is 11.7 Å². The second-order valence-corrected chi connectivity index (χ2v) is 8.67. The van der Waals surface area contributed by atoms with Crippen molar-refractivity contribution in [3.8, 4) is 5.75 Å². The van der Waals surface area contributed by atoms with Crippen molar-refractivity contribution in [3.63, 3.8) is 0 Å². The maximum atomic E-state index is 10.6. The smallest absolute Gasteiger partial charge is 0.122 e. The van der Waals surface area contributed by atoms with Crippen LogP contribution in [0, 0.1) is 12.8 Å². The number of phenolic OH excluding ortho intramolecular Hbond substituents is 1. The number of hydrogen-bond acceptors (Lipinski definition) is 4. The molecule has 2 aromatic carbocycles. The number of aromatic hydroxyl groups is 1. The number of halogens is 2. The van der Waals surface area contributed by atoms with Gasteiger partial charge < -0.3 is 20.5 Å². The number of hydrogen-bond donors (Lipinski definition) is 2. The van der Waals surface area contributed by atoms with Gasteiger partial charge in [-0.1, -0.05) is 42.5 Å². The van der Waals surface area contributed by atoms with Crippen molar-refractivity contribution >= 4 is 24.8 Å². The molecule has 1 saturated heterocycles. The first kappa shape index (κ1) is 26.0. The summed E-state index contributed by atoms with van der Waals surface area (Å²) in [5, 5.41) is 10.6. The summed E-state index contributed by atoms with van der Waals surface area (Å²) in [6.45, 7) is 5.87. The first-order chi connectivity index (χ1) is 14.2. The number of likely N-dealkylation sites (tertiary alicyclic amines) is 1. The number of nitrogens with zero attached hydrogens (tertiary/aromatic N) is 1. The van der Waals surface area contributed by atoms with Gasteiger partial charge in [-0.05, 0) is 74.8 Å². The number of ether oxygens (including phenoxy) is 1. The Morgan fingerprint density at radius 3 is 2.45 bits per heavy atom. The zero-order valence-electron chi connectivity index (χ0n) is 18.3. The van der Waals surface area contributed by atoms with Gasteiger partial charge in [-0.3, -0.25) is 0 Å². The second kappa shape index (κ2) is 12.1. The average Bonchev–Trinajstić information content (AvgIpc) is 2.77. The van der Waals surface area contributed by atoms with E-state index in [1.165, 1.54) is 18.5 Å². The Morgan fingerprint density at radius 1 is 1.06 bits per heavy atom. The molecule has 2 aliphatic rings. The second-order valence-electron chi connectivity index (χ2n) is 8.67. The Morgan fingerprint density at radius 2 is 1.77 bits per heavy atom. The number of benzene rings is 2. The lowest BCUT2D eigenvalue weighted by atomic mass is 9.83. The fraction of sp³-hybridized carbons (Fsp3) is 0.520. The molecular weight excluding hydrogens is 431 g/mol. The van der Waals surface area contributed by atoms with Crippen molar-refractivity contribution in [3.05, 3.63) is 64.7 Å². The summed E-state index contributed by atoms with van der Waals surface area (Å²) in [6.07, 6.45) is 5.56. The molecule has 0 aromatic heterocycles. The van der Waals surface area contributed by atoms with Crippen LogP contribution in [0.2, 0.25) is 0 Å². The fourth-order valence-corrected chi connectivity index (χ4v) is 4.98. The SMILES string of the molecule is Cc1ccc2c(c1O)CC(C1CCN(CCCc3ccccc3)CC1)OC2CN.Cl.Cl. The minimum absolute atomic E-state index is 0. The van der Waals surface area contributed by atoms with Gasteiger partial charge in [-0.2, -0.15) is 0 Å². The van der Waals surface area contributed by atoms with Crippen LogP contribution in [0.15, 0.2) is 42.5 Å². The fourth-order valence-electron chi connectivity index (χ4n) is 4.98. The normalized spacial score (nSPS) is 21.6. The zero-order chi connectivity index (χ0) is 20.2. The Bertz CT molecular complexity index is 811. The van der Waals surface area contributed by atoms with Crippen molar-refractivity contribution in [2.75, 3.05) is 26.2 Å². The molecule has 2 heterocycles. The Kier molecular flexibility index (Phi) is 10.1. The average molecular weight is 467 g/mol. The molecule has 2 unspecified atom stereocenters. The third-order valence-electron chi connectivity index (χ3n) is 6.77. The van der Waals surface area contributed by atoms with Gasteiger partial charge in [0.25, 0.3) is 0 Å². The molecule has 172 valence electrons. The van der Waals surface area contributed by atoms with Crippen molar-refractivity contribution in [2.45, 2.75) is 51.2 Å². The van der Waals surface area contributed by atoms with E-state index in [0.717, 1.165) is 55.5 Å². The molecule has 0 amide bonds. The van der Waals surface area contributed by atoms with E-state index in [4.69, 9.17) is 10.5 Å². The highest BCUT2D eigenvalue weighted by molar-refractivity contribution is 5.85. The zero-order valence-corrected chi connectivity index (χ0v) is 20.0. The van der Waals surface area contributed by atoms with Crippen LogP contribution in [0.3, 0.4) is 0 Å². The van der Waals surface area contributed by atoms with Crippen LogP contribution in [0.1, 0.15) is 47.6 Å². The van der Waals surface area contributed by atoms with Crippen LogP contribution in [0.5, 0.6) is 5.75 Å². The molecule has 3 N–H and O–H groups in total. The minimum atomic E-state index is -0.0980. The minimum Gasteiger partial charge on any atom is -0.507 e. The molecule has 31 heavy (non-hydrogen) atoms. The topological polar surface area (TPSA) is 58.7 Å². The predicted octanol–water partition coefficient (Wildman–Crippen LogP) is 4.83. The summed E-state index contributed by atoms with van der Waals surface area (Å²) in [5.41, 5.74) is 10.5. The molecule has 0 saturated carbocycles. The van der Waals surface area contributed by atoms with Crippen LogP contribution >= 0.6 is 24.8 Å². The highest BCUT2D eigenvalue weighted by Gasteiger charge is 2.35. The van der Waals surface area contributed by atoms with E-state index in [2.05, 4.69) is 41.3 Å². The standard InChI is InChI=1S/C25H34N2O2.2ClH/c1-18-9-10-21-22(25(18)28)16-23(29-24(21)17-26)20-11-14-27(15-12-20)13-5-8-19-6-3-2-4-7-19;;/h2-4,6-7,9-10,20,23-24,28H,5,8,11-17,26H2,1H3;2*1H. The molecule has 4 rings (SSSR count). The Hall–Kier alpha value is -1.30. The summed E-state index contributed by atoms with van der Waals surface area (Å²) in [4.78, 5) is 2.60. The van der Waals surface area contributed by atoms with Crippen molar-refractivity contribution < 1.29 is 9.84 Å². The number of phenols is 1. The van der Waals surface area contributed by atoms with Gasteiger partial charge in [0.1, 0.15) is 5.75 Å². The van der Waals surface area contributed by atoms with E-state index < -0.39 is 0 Å². The summed E-state index contributed by atoms with van der Waals surface area (Å²) in [5.74, 6) is 0.982. The van der Waals surface area contributed by atoms with E-state index in [0.29, 0.717) is 18.2 Å². The first-order valence-corrected chi connectivity index (χ1v) is 11.1. The maximum Gasteiger partial charge on any atom is 0.122 e. The quantitative estimate of drug-likeness (QED) is 0.639. The lowest BCUT2D eigenvalue weighted by Crippen LogP contribution is -2.42. The van der Waals surface area contributed by atoms with Gasteiger partial charge in [0, 0.05) is 18.5 Å². The van der Waals surface area contributed by atoms with Crippen LogP contribution < -0.4 is 5.73 Å². The molecule has 0 radical (unpaired) electrons. The van der Waals surface area contributed by atoms with E-state index in [-0.39, 0.29) is 37.0 Å². The molecule has 6 heteroatoms.